The van der Waals surface area contributed by atoms with Gasteiger partial charge in [0, 0.05) is 37.9 Å². The minimum atomic E-state index is 0.126. The number of nitrogens with two attached hydrogens (primary N) is 1. The normalized spacial score (nSPS) is 19.8. The molecular weight excluding hydrogens is 198 g/mol. The largest absolute Gasteiger partial charge is 0.369 e. The highest BCUT2D eigenvalue weighted by Crippen LogP contribution is 2.19. The highest BCUT2D eigenvalue weighted by atomic mass is 15.2. The Hall–Kier alpha value is -1.06. The van der Waals surface area contributed by atoms with Crippen LogP contribution in [0.1, 0.15) is 18.5 Å². The van der Waals surface area contributed by atoms with E-state index in [1.807, 2.05) is 6.92 Å². The van der Waals surface area contributed by atoms with Crippen molar-refractivity contribution in [1.82, 2.24) is 4.90 Å². The van der Waals surface area contributed by atoms with Crippen molar-refractivity contribution >= 4 is 5.69 Å². The van der Waals surface area contributed by atoms with Gasteiger partial charge in [-0.3, -0.25) is 0 Å². The second-order valence-corrected chi connectivity index (χ2v) is 4.67. The Bertz CT molecular complexity index is 324. The number of hydrogen-bond donors (Lipinski definition) is 1. The Kier molecular flexibility index (Phi) is 3.46. The quantitative estimate of drug-likeness (QED) is 0.817. The van der Waals surface area contributed by atoms with Crippen LogP contribution in [-0.4, -0.2) is 38.1 Å². The van der Waals surface area contributed by atoms with Crippen molar-refractivity contribution in [2.24, 2.45) is 5.73 Å². The number of anilines is 1. The summed E-state index contributed by atoms with van der Waals surface area (Å²) in [4.78, 5) is 4.80. The van der Waals surface area contributed by atoms with Crippen molar-refractivity contribution < 1.29 is 0 Å². The number of hydrogen-bond acceptors (Lipinski definition) is 3. The summed E-state index contributed by atoms with van der Waals surface area (Å²) in [6.45, 7) is 6.55. The molecule has 0 bridgehead atoms. The lowest BCUT2D eigenvalue weighted by molar-refractivity contribution is 0.313. The van der Waals surface area contributed by atoms with E-state index in [4.69, 9.17) is 5.73 Å². The third kappa shape index (κ3) is 2.54. The van der Waals surface area contributed by atoms with Gasteiger partial charge in [-0.25, -0.2) is 0 Å². The van der Waals surface area contributed by atoms with Crippen molar-refractivity contribution in [3.8, 4) is 0 Å². The first-order valence-electron chi connectivity index (χ1n) is 5.96. The lowest BCUT2D eigenvalue weighted by atomic mass is 10.1. The van der Waals surface area contributed by atoms with Gasteiger partial charge in [0.15, 0.2) is 0 Å². The zero-order valence-corrected chi connectivity index (χ0v) is 10.2. The van der Waals surface area contributed by atoms with Gasteiger partial charge in [0.25, 0.3) is 0 Å². The molecule has 0 unspecified atom stereocenters. The fraction of sp³-hybridized carbons (Fsp3) is 0.538. The van der Waals surface area contributed by atoms with Crippen LogP contribution < -0.4 is 10.6 Å². The maximum absolute atomic E-state index is 5.84. The molecule has 0 aromatic heterocycles. The first-order chi connectivity index (χ1) is 7.66. The maximum Gasteiger partial charge on any atom is 0.0367 e. The van der Waals surface area contributed by atoms with Crippen molar-refractivity contribution in [2.75, 3.05) is 38.1 Å². The summed E-state index contributed by atoms with van der Waals surface area (Å²) in [6.07, 6.45) is 0. The van der Waals surface area contributed by atoms with E-state index in [0.717, 1.165) is 26.2 Å². The summed E-state index contributed by atoms with van der Waals surface area (Å²) in [5.74, 6) is 0. The fourth-order valence-corrected chi connectivity index (χ4v) is 2.05. The zero-order chi connectivity index (χ0) is 11.5. The van der Waals surface area contributed by atoms with E-state index in [-0.39, 0.29) is 6.04 Å². The zero-order valence-electron chi connectivity index (χ0n) is 10.2. The Morgan fingerprint density at radius 3 is 2.12 bits per heavy atom. The van der Waals surface area contributed by atoms with Crippen LogP contribution in [0.3, 0.4) is 0 Å². The number of likely N-dealkylation sites (N-methyl/N-ethyl adjacent to an activating group) is 1. The Morgan fingerprint density at radius 2 is 1.62 bits per heavy atom. The highest BCUT2D eigenvalue weighted by molar-refractivity contribution is 5.48. The van der Waals surface area contributed by atoms with Crippen LogP contribution in [-0.2, 0) is 0 Å². The molecule has 3 heteroatoms. The van der Waals surface area contributed by atoms with E-state index in [9.17, 15) is 0 Å². The topological polar surface area (TPSA) is 32.5 Å². The molecule has 1 atom stereocenters. The van der Waals surface area contributed by atoms with Crippen molar-refractivity contribution in [1.29, 1.82) is 0 Å². The average Bonchev–Trinajstić information content (AvgIpc) is 2.30. The van der Waals surface area contributed by atoms with E-state index in [2.05, 4.69) is 41.1 Å². The van der Waals surface area contributed by atoms with Gasteiger partial charge >= 0.3 is 0 Å². The highest BCUT2D eigenvalue weighted by Gasteiger charge is 2.13. The molecule has 1 saturated heterocycles. The monoisotopic (exact) mass is 219 g/mol. The Balaban J connectivity index is 2.04. The third-order valence-electron chi connectivity index (χ3n) is 3.29. The lowest BCUT2D eigenvalue weighted by Crippen LogP contribution is -2.44. The smallest absolute Gasteiger partial charge is 0.0367 e. The molecule has 0 aliphatic carbocycles. The van der Waals surface area contributed by atoms with Gasteiger partial charge in [0.05, 0.1) is 0 Å². The molecule has 1 heterocycles. The number of benzene rings is 1. The molecule has 16 heavy (non-hydrogen) atoms. The molecule has 0 spiro atoms. The van der Waals surface area contributed by atoms with E-state index in [0.29, 0.717) is 0 Å². The molecule has 3 nitrogen and oxygen atoms in total. The first kappa shape index (κ1) is 11.4. The van der Waals surface area contributed by atoms with Gasteiger partial charge in [-0.2, -0.15) is 0 Å². The number of rotatable bonds is 2. The summed E-state index contributed by atoms with van der Waals surface area (Å²) in [7, 11) is 2.18. The summed E-state index contributed by atoms with van der Waals surface area (Å²) in [6, 6.07) is 8.77. The number of nitrogens with zero attached hydrogens (tertiary/aromatic N) is 2. The van der Waals surface area contributed by atoms with Crippen LogP contribution in [0.2, 0.25) is 0 Å². The van der Waals surface area contributed by atoms with E-state index in [1.54, 1.807) is 0 Å². The summed E-state index contributed by atoms with van der Waals surface area (Å²) >= 11 is 0. The minimum Gasteiger partial charge on any atom is -0.369 e. The molecule has 88 valence electrons. The molecule has 0 saturated carbocycles. The van der Waals surface area contributed by atoms with E-state index < -0.39 is 0 Å². The molecule has 2 rings (SSSR count). The van der Waals surface area contributed by atoms with Crippen LogP contribution >= 0.6 is 0 Å². The van der Waals surface area contributed by atoms with Crippen LogP contribution in [0.4, 0.5) is 5.69 Å². The predicted octanol–water partition coefficient (Wildman–Crippen LogP) is 1.46. The van der Waals surface area contributed by atoms with E-state index in [1.165, 1.54) is 11.3 Å². The molecular formula is C13H21N3. The van der Waals surface area contributed by atoms with E-state index >= 15 is 0 Å². The molecule has 1 aliphatic rings. The van der Waals surface area contributed by atoms with Gasteiger partial charge in [-0.1, -0.05) is 12.1 Å². The summed E-state index contributed by atoms with van der Waals surface area (Å²) < 4.78 is 0. The fourth-order valence-electron chi connectivity index (χ4n) is 2.05. The van der Waals surface area contributed by atoms with Gasteiger partial charge in [-0.05, 0) is 31.7 Å². The maximum atomic E-state index is 5.84. The van der Waals surface area contributed by atoms with Crippen LogP contribution in [0, 0.1) is 0 Å². The Labute approximate surface area is 97.8 Å². The second-order valence-electron chi connectivity index (χ2n) is 4.67. The Morgan fingerprint density at radius 1 is 1.06 bits per heavy atom. The van der Waals surface area contributed by atoms with Crippen LogP contribution in [0.15, 0.2) is 24.3 Å². The average molecular weight is 219 g/mol. The second kappa shape index (κ2) is 4.85. The first-order valence-corrected chi connectivity index (χ1v) is 5.96. The van der Waals surface area contributed by atoms with Crippen LogP contribution in [0.5, 0.6) is 0 Å². The molecule has 1 fully saturated rings. The predicted molar refractivity (Wildman–Crippen MR) is 68.8 cm³/mol. The lowest BCUT2D eigenvalue weighted by Gasteiger charge is -2.34. The molecule has 2 N–H and O–H groups in total. The summed E-state index contributed by atoms with van der Waals surface area (Å²) in [5.41, 5.74) is 8.36. The van der Waals surface area contributed by atoms with Gasteiger partial charge in [0.1, 0.15) is 0 Å². The molecule has 1 aliphatic heterocycles. The van der Waals surface area contributed by atoms with Gasteiger partial charge < -0.3 is 15.5 Å². The third-order valence-corrected chi connectivity index (χ3v) is 3.29. The van der Waals surface area contributed by atoms with Crippen molar-refractivity contribution in [2.45, 2.75) is 13.0 Å². The summed E-state index contributed by atoms with van der Waals surface area (Å²) in [5, 5.41) is 0. The van der Waals surface area contributed by atoms with Crippen molar-refractivity contribution in [3.05, 3.63) is 29.8 Å². The standard InChI is InChI=1S/C13H21N3/c1-11(14)12-3-5-13(6-4-12)16-9-7-15(2)8-10-16/h3-6,11H,7-10,14H2,1-2H3/t11-/m0/s1. The van der Waals surface area contributed by atoms with Crippen molar-refractivity contribution in [3.63, 3.8) is 0 Å². The number of piperazine rings is 1. The molecule has 0 radical (unpaired) electrons. The van der Waals surface area contributed by atoms with Crippen LogP contribution in [0.25, 0.3) is 0 Å². The van der Waals surface area contributed by atoms with Gasteiger partial charge in [-0.15, -0.1) is 0 Å². The van der Waals surface area contributed by atoms with Gasteiger partial charge in [0.2, 0.25) is 0 Å². The molecule has 1 aromatic rings. The molecule has 1 aromatic carbocycles. The SMILES string of the molecule is C[C@H](N)c1ccc(N2CCN(C)CC2)cc1. The molecule has 0 amide bonds. The minimum absolute atomic E-state index is 0.126.